The molecule has 0 N–H and O–H groups in total. The van der Waals surface area contributed by atoms with Crippen LogP contribution >= 0.6 is 11.6 Å². The van der Waals surface area contributed by atoms with Crippen LogP contribution in [0.2, 0.25) is 5.02 Å². The van der Waals surface area contributed by atoms with Gasteiger partial charge < -0.3 is 14.7 Å². The quantitative estimate of drug-likeness (QED) is 0.532. The number of hydrogen-bond donors (Lipinski definition) is 0. The lowest BCUT2D eigenvalue weighted by Crippen LogP contribution is -2.44. The van der Waals surface area contributed by atoms with Gasteiger partial charge >= 0.3 is 6.18 Å². The largest absolute Gasteiger partial charge is 0.417 e. The van der Waals surface area contributed by atoms with Crippen molar-refractivity contribution < 1.29 is 22.4 Å². The van der Waals surface area contributed by atoms with Gasteiger partial charge in [-0.15, -0.1) is 0 Å². The first-order valence-corrected chi connectivity index (χ1v) is 11.1. The second-order valence-corrected chi connectivity index (χ2v) is 8.89. The summed E-state index contributed by atoms with van der Waals surface area (Å²) >= 11 is 6.08. The van der Waals surface area contributed by atoms with Crippen molar-refractivity contribution in [1.29, 1.82) is 0 Å². The van der Waals surface area contributed by atoms with Crippen LogP contribution in [-0.4, -0.2) is 61.0 Å². The van der Waals surface area contributed by atoms with E-state index in [9.17, 15) is 22.4 Å². The average Bonchev–Trinajstić information content (AvgIpc) is 2.77. The van der Waals surface area contributed by atoms with E-state index in [1.54, 1.807) is 17.0 Å². The standard InChI is InChI=1S/C23H27ClF4N4O/c1-30(2)11-12-32(15-16-3-5-19(25)6-4-16)22(33)17-7-9-31(10-8-17)21-20(24)13-18(14-29-21)23(26,27)28/h3-6,13-14,17H,7-12,15H2,1-2H3. The van der Waals surface area contributed by atoms with Crippen LogP contribution in [0.25, 0.3) is 0 Å². The second kappa shape index (κ2) is 10.7. The normalized spacial score (nSPS) is 15.2. The lowest BCUT2D eigenvalue weighted by Gasteiger charge is -2.35. The highest BCUT2D eigenvalue weighted by Gasteiger charge is 2.33. The van der Waals surface area contributed by atoms with Gasteiger partial charge in [0, 0.05) is 44.8 Å². The fourth-order valence-corrected chi connectivity index (χ4v) is 4.10. The monoisotopic (exact) mass is 486 g/mol. The Morgan fingerprint density at radius 2 is 1.79 bits per heavy atom. The van der Waals surface area contributed by atoms with E-state index in [0.717, 1.165) is 17.8 Å². The molecule has 1 amide bonds. The number of halogens is 5. The molecule has 0 spiro atoms. The summed E-state index contributed by atoms with van der Waals surface area (Å²) in [6, 6.07) is 6.98. The van der Waals surface area contributed by atoms with Gasteiger partial charge in [0.05, 0.1) is 10.6 Å². The Bertz CT molecular complexity index is 944. The number of pyridine rings is 1. The maximum absolute atomic E-state index is 13.3. The highest BCUT2D eigenvalue weighted by Crippen LogP contribution is 2.35. The minimum atomic E-state index is -4.50. The smallest absolute Gasteiger partial charge is 0.355 e. The van der Waals surface area contributed by atoms with Crippen molar-refractivity contribution in [2.24, 2.45) is 5.92 Å². The molecule has 0 unspecified atom stereocenters. The zero-order valence-corrected chi connectivity index (χ0v) is 19.3. The van der Waals surface area contributed by atoms with Crippen molar-refractivity contribution >= 4 is 23.3 Å². The third-order valence-electron chi connectivity index (χ3n) is 5.71. The molecule has 1 fully saturated rings. The lowest BCUT2D eigenvalue weighted by atomic mass is 9.95. The molecular formula is C23H27ClF4N4O. The van der Waals surface area contributed by atoms with E-state index in [-0.39, 0.29) is 22.7 Å². The van der Waals surface area contributed by atoms with E-state index in [1.807, 2.05) is 23.9 Å². The third kappa shape index (κ3) is 6.80. The zero-order valence-electron chi connectivity index (χ0n) is 18.6. The van der Waals surface area contributed by atoms with E-state index in [0.29, 0.717) is 51.4 Å². The van der Waals surface area contributed by atoms with E-state index in [1.165, 1.54) is 12.1 Å². The highest BCUT2D eigenvalue weighted by atomic mass is 35.5. The van der Waals surface area contributed by atoms with Gasteiger partial charge in [-0.3, -0.25) is 4.79 Å². The van der Waals surface area contributed by atoms with Crippen LogP contribution < -0.4 is 4.90 Å². The summed E-state index contributed by atoms with van der Waals surface area (Å²) in [6.45, 7) is 2.55. The number of alkyl halides is 3. The molecule has 2 heterocycles. The number of amides is 1. The van der Waals surface area contributed by atoms with Crippen LogP contribution in [0.15, 0.2) is 36.5 Å². The van der Waals surface area contributed by atoms with E-state index < -0.39 is 11.7 Å². The summed E-state index contributed by atoms with van der Waals surface area (Å²) < 4.78 is 51.9. The van der Waals surface area contributed by atoms with Crippen LogP contribution in [0, 0.1) is 11.7 Å². The van der Waals surface area contributed by atoms with Gasteiger partial charge in [-0.2, -0.15) is 13.2 Å². The number of piperidine rings is 1. The molecular weight excluding hydrogens is 460 g/mol. The molecule has 0 bridgehead atoms. The molecule has 1 aromatic carbocycles. The third-order valence-corrected chi connectivity index (χ3v) is 5.99. The van der Waals surface area contributed by atoms with E-state index in [4.69, 9.17) is 11.6 Å². The van der Waals surface area contributed by atoms with Crippen LogP contribution in [0.5, 0.6) is 0 Å². The SMILES string of the molecule is CN(C)CCN(Cc1ccc(F)cc1)C(=O)C1CCN(c2ncc(C(F)(F)F)cc2Cl)CC1. The van der Waals surface area contributed by atoms with Gasteiger partial charge in [-0.1, -0.05) is 23.7 Å². The zero-order chi connectivity index (χ0) is 24.2. The summed E-state index contributed by atoms with van der Waals surface area (Å²) in [7, 11) is 3.86. The first kappa shape index (κ1) is 25.2. The first-order valence-electron chi connectivity index (χ1n) is 10.7. The van der Waals surface area contributed by atoms with Gasteiger partial charge in [0.1, 0.15) is 11.6 Å². The molecule has 1 aliphatic heterocycles. The summed E-state index contributed by atoms with van der Waals surface area (Å²) in [5.74, 6) is -0.219. The molecule has 1 aromatic heterocycles. The summed E-state index contributed by atoms with van der Waals surface area (Å²) in [5, 5.41) is -0.0569. The number of aromatic nitrogens is 1. The number of hydrogen-bond acceptors (Lipinski definition) is 4. The molecule has 2 aromatic rings. The number of likely N-dealkylation sites (N-methyl/N-ethyl adjacent to an activating group) is 1. The number of carbonyl (C=O) groups is 1. The number of carbonyl (C=O) groups excluding carboxylic acids is 1. The molecule has 0 atom stereocenters. The molecule has 1 aliphatic rings. The number of anilines is 1. The molecule has 10 heteroatoms. The van der Waals surface area contributed by atoms with Crippen molar-refractivity contribution in [3.8, 4) is 0 Å². The van der Waals surface area contributed by atoms with E-state index in [2.05, 4.69) is 4.98 Å². The first-order chi connectivity index (χ1) is 15.5. The predicted molar refractivity (Wildman–Crippen MR) is 120 cm³/mol. The number of rotatable bonds is 7. The Morgan fingerprint density at radius 1 is 1.15 bits per heavy atom. The van der Waals surface area contributed by atoms with Gasteiger partial charge in [0.2, 0.25) is 5.91 Å². The van der Waals surface area contributed by atoms with Gasteiger partial charge in [-0.25, -0.2) is 9.37 Å². The van der Waals surface area contributed by atoms with Crippen molar-refractivity contribution in [2.45, 2.75) is 25.6 Å². The number of nitrogens with zero attached hydrogens (tertiary/aromatic N) is 4. The Balaban J connectivity index is 1.65. The van der Waals surface area contributed by atoms with Crippen LogP contribution in [-0.2, 0) is 17.5 Å². The van der Waals surface area contributed by atoms with Crippen LogP contribution in [0.1, 0.15) is 24.0 Å². The molecule has 0 aliphatic carbocycles. The van der Waals surface area contributed by atoms with Crippen molar-refractivity contribution in [2.75, 3.05) is 45.2 Å². The highest BCUT2D eigenvalue weighted by molar-refractivity contribution is 6.33. The van der Waals surface area contributed by atoms with Gasteiger partial charge in [0.25, 0.3) is 0 Å². The predicted octanol–water partition coefficient (Wildman–Crippen LogP) is 4.70. The molecule has 3 rings (SSSR count). The van der Waals surface area contributed by atoms with Crippen molar-refractivity contribution in [1.82, 2.24) is 14.8 Å². The topological polar surface area (TPSA) is 39.7 Å². The molecule has 33 heavy (non-hydrogen) atoms. The van der Waals surface area contributed by atoms with Crippen molar-refractivity contribution in [3.05, 3.63) is 58.5 Å². The molecule has 0 radical (unpaired) electrons. The molecule has 5 nitrogen and oxygen atoms in total. The lowest BCUT2D eigenvalue weighted by molar-refractivity contribution is -0.138. The molecule has 1 saturated heterocycles. The Labute approximate surface area is 195 Å². The minimum Gasteiger partial charge on any atom is -0.355 e. The van der Waals surface area contributed by atoms with Gasteiger partial charge in [0.15, 0.2) is 0 Å². The fraction of sp³-hybridized carbons (Fsp3) is 0.478. The van der Waals surface area contributed by atoms with Crippen LogP contribution in [0.4, 0.5) is 23.4 Å². The summed E-state index contributed by atoms with van der Waals surface area (Å²) in [6.07, 6.45) is -2.64. The van der Waals surface area contributed by atoms with E-state index >= 15 is 0 Å². The molecule has 0 saturated carbocycles. The Kier molecular flexibility index (Phi) is 8.18. The maximum atomic E-state index is 13.3. The van der Waals surface area contributed by atoms with Crippen LogP contribution in [0.3, 0.4) is 0 Å². The second-order valence-electron chi connectivity index (χ2n) is 8.48. The Morgan fingerprint density at radius 3 is 2.33 bits per heavy atom. The fourth-order valence-electron chi connectivity index (χ4n) is 3.81. The van der Waals surface area contributed by atoms with Crippen molar-refractivity contribution in [3.63, 3.8) is 0 Å². The molecule has 180 valence electrons. The van der Waals surface area contributed by atoms with Gasteiger partial charge in [-0.05, 0) is 50.7 Å². The summed E-state index contributed by atoms with van der Waals surface area (Å²) in [4.78, 5) is 22.8. The maximum Gasteiger partial charge on any atom is 0.417 e. The number of benzene rings is 1. The summed E-state index contributed by atoms with van der Waals surface area (Å²) in [5.41, 5.74) is -0.0414. The minimum absolute atomic E-state index is 0.0206. The average molecular weight is 487 g/mol. The Hall–Kier alpha value is -2.39.